The minimum absolute atomic E-state index is 0.0144. The van der Waals surface area contributed by atoms with Gasteiger partial charge in [0.15, 0.2) is 11.6 Å². The molecule has 2 atom stereocenters. The number of rotatable bonds is 43. The third-order valence-corrected chi connectivity index (χ3v) is 22.2. The number of H-pyrrole nitrogens is 2. The lowest BCUT2D eigenvalue weighted by Crippen LogP contribution is -2.45. The first kappa shape index (κ1) is 83.4. The van der Waals surface area contributed by atoms with Gasteiger partial charge in [-0.2, -0.15) is 10.0 Å². The van der Waals surface area contributed by atoms with Crippen LogP contribution >= 0.6 is 116 Å². The zero-order chi connectivity index (χ0) is 75.1. The fourth-order valence-corrected chi connectivity index (χ4v) is 16.8. The predicted molar refractivity (Wildman–Crippen MR) is 438 cm³/mol. The van der Waals surface area contributed by atoms with Crippen molar-refractivity contribution < 1.29 is 19.2 Å². The lowest BCUT2D eigenvalue weighted by molar-refractivity contribution is -0.140. The maximum absolute atomic E-state index is 16.7. The van der Waals surface area contributed by atoms with Crippen molar-refractivity contribution in [3.8, 4) is 11.4 Å². The number of allylic oxidation sites excluding steroid dienone is 2. The summed E-state index contributed by atoms with van der Waals surface area (Å²) in [7, 11) is 0. The van der Waals surface area contributed by atoms with Crippen molar-refractivity contribution >= 4 is 175 Å². The molecule has 2 unspecified atom stereocenters. The van der Waals surface area contributed by atoms with Crippen LogP contribution in [0.2, 0.25) is 40.2 Å². The van der Waals surface area contributed by atoms with Crippen LogP contribution in [-0.2, 0) is 19.2 Å². The second-order valence-electron chi connectivity index (χ2n) is 27.4. The number of unbranched alkanes of at least 4 members (excludes halogenated alkanes) is 28. The van der Waals surface area contributed by atoms with E-state index in [1.807, 2.05) is 24.3 Å². The number of hydrogen-bond acceptors (Lipinski definition) is 8. The summed E-state index contributed by atoms with van der Waals surface area (Å²) in [6.07, 6.45) is 43.3. The fourth-order valence-electron chi connectivity index (χ4n) is 13.9. The summed E-state index contributed by atoms with van der Waals surface area (Å²) < 4.78 is 1.99. The second-order valence-corrected chi connectivity index (χ2v) is 31.8. The Bertz CT molecular complexity index is 4010. The molecule has 564 valence electrons. The van der Waals surface area contributed by atoms with Crippen molar-refractivity contribution in [2.75, 3.05) is 10.0 Å². The first-order chi connectivity index (χ1) is 50.7. The van der Waals surface area contributed by atoms with Gasteiger partial charge in [-0.15, -0.1) is 23.2 Å². The van der Waals surface area contributed by atoms with Crippen LogP contribution in [0.5, 0.6) is 0 Å². The number of aromatic amines is 2. The third kappa shape index (κ3) is 22.1. The monoisotopic (exact) mass is 1620 g/mol. The predicted octanol–water partition coefficient (Wildman–Crippen LogP) is 25.7. The highest BCUT2D eigenvalue weighted by Crippen LogP contribution is 2.48. The van der Waals surface area contributed by atoms with Gasteiger partial charge in [-0.1, -0.05) is 328 Å². The fraction of sp³-hybridized carbons (Fsp3) is 0.457. The van der Waals surface area contributed by atoms with Crippen molar-refractivity contribution in [2.45, 2.75) is 236 Å². The molecule has 2 aromatic heterocycles. The van der Waals surface area contributed by atoms with E-state index in [1.165, 1.54) is 194 Å². The number of aromatic nitrogens is 4. The molecular formula is C81H94Cl10N8O6. The molecule has 4 amide bonds. The number of hydrazine groups is 2. The lowest BCUT2D eigenvalue weighted by atomic mass is 9.86. The van der Waals surface area contributed by atoms with Crippen LogP contribution in [0.25, 0.3) is 23.5 Å². The van der Waals surface area contributed by atoms with E-state index >= 15 is 9.59 Å². The van der Waals surface area contributed by atoms with Crippen LogP contribution in [0.4, 0.5) is 23.0 Å². The summed E-state index contributed by atoms with van der Waals surface area (Å²) in [4.78, 5) is 92.7. The molecular weight excluding hydrogens is 1540 g/mol. The number of benzene rings is 5. The average molecular weight is 1630 g/mol. The molecule has 0 saturated carbocycles. The van der Waals surface area contributed by atoms with Crippen molar-refractivity contribution in [3.05, 3.63) is 192 Å². The van der Waals surface area contributed by atoms with Gasteiger partial charge in [0.25, 0.3) is 34.7 Å². The largest absolute Gasteiger partial charge is 0.277 e. The molecule has 0 radical (unpaired) electrons. The van der Waals surface area contributed by atoms with Crippen LogP contribution in [0.3, 0.4) is 0 Å². The van der Waals surface area contributed by atoms with Crippen LogP contribution < -0.4 is 21.1 Å². The zero-order valence-electron chi connectivity index (χ0n) is 59.7. The van der Waals surface area contributed by atoms with Gasteiger partial charge in [-0.3, -0.25) is 39.0 Å². The molecule has 2 N–H and O–H groups in total. The van der Waals surface area contributed by atoms with Gasteiger partial charge in [0.2, 0.25) is 0 Å². The van der Waals surface area contributed by atoms with Gasteiger partial charge in [0, 0.05) is 20.1 Å². The summed E-state index contributed by atoms with van der Waals surface area (Å²) in [6, 6.07) is 23.7. The van der Waals surface area contributed by atoms with Crippen LogP contribution in [0.1, 0.15) is 253 Å². The second kappa shape index (κ2) is 41.8. The highest BCUT2D eigenvalue weighted by Gasteiger charge is 2.48. The molecule has 2 saturated heterocycles. The maximum atomic E-state index is 16.7. The molecule has 14 nitrogen and oxygen atoms in total. The summed E-state index contributed by atoms with van der Waals surface area (Å²) >= 11 is 69.2. The van der Waals surface area contributed by atoms with Gasteiger partial charge in [-0.05, 0) is 103 Å². The number of halogens is 10. The number of alkyl halides is 2. The van der Waals surface area contributed by atoms with E-state index in [1.54, 1.807) is 36.4 Å². The van der Waals surface area contributed by atoms with Gasteiger partial charge in [-0.25, -0.2) is 19.4 Å². The highest BCUT2D eigenvalue weighted by molar-refractivity contribution is 6.42. The van der Waals surface area contributed by atoms with Crippen molar-refractivity contribution in [1.29, 1.82) is 0 Å². The smallest absolute Gasteiger partial charge is 0.274 e. The molecule has 9 rings (SSSR count). The van der Waals surface area contributed by atoms with Crippen molar-refractivity contribution in [1.82, 2.24) is 29.6 Å². The first-order valence-electron chi connectivity index (χ1n) is 37.3. The lowest BCUT2D eigenvalue weighted by Gasteiger charge is -2.34. The number of hydrogen-bond donors (Lipinski definition) is 2. The molecule has 105 heavy (non-hydrogen) atoms. The van der Waals surface area contributed by atoms with E-state index in [9.17, 15) is 19.2 Å². The third-order valence-electron chi connectivity index (χ3n) is 19.3. The molecule has 0 bridgehead atoms. The Morgan fingerprint density at radius 2 is 0.733 bits per heavy atom. The SMILES string of the molecule is CCCCCCCCCCCCCCCCC=Cc1cccc(N(c2[nH]n(-c3c(Cl)cc(Cl)cc3Cl)c(=O)c2C(c2ccc(Cl)cc2Cl)c2c(N(c3cccc(C=CCCCCCCCCCCCCCCCC)c3)N3C(=O)CC(Cl)C3=O)[nH]n(-c3c(Cl)cc(Cl)cc3Cl)c2=O)N2C(=O)CC(Cl)C2=O)c1. The Labute approximate surface area is 667 Å². The summed E-state index contributed by atoms with van der Waals surface area (Å²) in [5.41, 5.74) is -1.38. The summed E-state index contributed by atoms with van der Waals surface area (Å²) in [5, 5.41) is 7.49. The Morgan fingerprint density at radius 1 is 0.410 bits per heavy atom. The Kier molecular flexibility index (Phi) is 33.2. The van der Waals surface area contributed by atoms with Crippen LogP contribution in [0.15, 0.2) is 113 Å². The molecule has 24 heteroatoms. The molecule has 0 spiro atoms. The van der Waals surface area contributed by atoms with Gasteiger partial charge in [0.1, 0.15) is 22.1 Å². The Hall–Kier alpha value is -5.62. The number of carbonyl (C=O) groups is 4. The van der Waals surface area contributed by atoms with E-state index in [2.05, 4.69) is 36.2 Å². The normalized spacial score (nSPS) is 15.2. The molecule has 4 heterocycles. The van der Waals surface area contributed by atoms with E-state index in [-0.39, 0.29) is 80.1 Å². The topological polar surface area (TPSA) is 157 Å². The molecule has 2 fully saturated rings. The summed E-state index contributed by atoms with van der Waals surface area (Å²) in [6.45, 7) is 4.49. The number of imide groups is 2. The number of anilines is 4. The number of nitrogens with one attached hydrogen (secondary N) is 2. The van der Waals surface area contributed by atoms with Gasteiger partial charge < -0.3 is 0 Å². The number of nitrogens with zero attached hydrogens (tertiary/aromatic N) is 6. The first-order valence-corrected chi connectivity index (χ1v) is 41.2. The molecule has 0 aliphatic carbocycles. The van der Waals surface area contributed by atoms with Gasteiger partial charge >= 0.3 is 0 Å². The zero-order valence-corrected chi connectivity index (χ0v) is 67.3. The van der Waals surface area contributed by atoms with E-state index in [0.717, 1.165) is 70.7 Å². The standard InChI is InChI=1S/C81H94Cl10N8O6/c1-3-5-7-9-11-13-15-17-19-21-23-25-27-29-31-33-37-54-39-35-41-59(45-54)96(98-69(100)52-67(90)78(98)102)76-72(80(104)94(92-76)74-63(86)48-57(83)49-64(74)87)71(61-44-43-56(82)47-62(61)85)73-77(93-95(81(73)105)75-65(88)50-58(84)51-66(75)89)97(99-70(101)53-68(91)79(99)103)60-42-36-40-55(46-60)38-34-32-30-28-26-24-22-20-18-16-14-12-10-8-6-4-2/h33-51,67-68,71,92-93H,3-32,52-53H2,1-2H3. The van der Waals surface area contributed by atoms with E-state index in [4.69, 9.17) is 116 Å². The van der Waals surface area contributed by atoms with Crippen LogP contribution in [-0.4, -0.2) is 64.0 Å². The van der Waals surface area contributed by atoms with Crippen molar-refractivity contribution in [2.24, 2.45) is 0 Å². The quantitative estimate of drug-likeness (QED) is 0.0217. The minimum Gasteiger partial charge on any atom is -0.274 e. The number of carbonyl (C=O) groups excluding carboxylic acids is 4. The Morgan fingerprint density at radius 3 is 1.05 bits per heavy atom. The Balaban J connectivity index is 1.17. The minimum atomic E-state index is -1.84. The molecule has 2 aliphatic heterocycles. The summed E-state index contributed by atoms with van der Waals surface area (Å²) in [5.74, 6) is -5.72. The highest BCUT2D eigenvalue weighted by atomic mass is 35.5. The number of amides is 4. The average Bonchev–Trinajstić information content (AvgIpc) is 1.58. The maximum Gasteiger partial charge on any atom is 0.277 e. The molecule has 2 aliphatic rings. The molecule has 7 aromatic rings. The van der Waals surface area contributed by atoms with Crippen molar-refractivity contribution in [3.63, 3.8) is 0 Å². The molecule has 5 aromatic carbocycles. The van der Waals surface area contributed by atoms with E-state index in [0.29, 0.717) is 11.1 Å². The van der Waals surface area contributed by atoms with Crippen LogP contribution in [0, 0.1) is 0 Å². The van der Waals surface area contributed by atoms with E-state index < -0.39 is 75.4 Å². The van der Waals surface area contributed by atoms with Gasteiger partial charge in [0.05, 0.1) is 61.4 Å².